The van der Waals surface area contributed by atoms with Crippen LogP contribution in [-0.2, 0) is 11.3 Å². The van der Waals surface area contributed by atoms with E-state index in [-0.39, 0.29) is 6.73 Å². The molecule has 15 heavy (non-hydrogen) atoms. The number of ether oxygens (including phenoxy) is 1. The van der Waals surface area contributed by atoms with Crippen molar-refractivity contribution in [2.75, 3.05) is 13.8 Å². The van der Waals surface area contributed by atoms with Gasteiger partial charge < -0.3 is 4.74 Å². The quantitative estimate of drug-likeness (QED) is 0.535. The van der Waals surface area contributed by atoms with Crippen molar-refractivity contribution in [2.24, 2.45) is 5.92 Å². The fourth-order valence-corrected chi connectivity index (χ4v) is 1.19. The molecule has 0 aliphatic carbocycles. The van der Waals surface area contributed by atoms with E-state index in [1.165, 1.54) is 7.11 Å². The van der Waals surface area contributed by atoms with Crippen LogP contribution in [0.4, 0.5) is 5.69 Å². The monoisotopic (exact) mass is 212 g/mol. The number of rotatable bonds is 6. The van der Waals surface area contributed by atoms with E-state index >= 15 is 0 Å². The van der Waals surface area contributed by atoms with E-state index in [2.05, 4.69) is 18.9 Å². The highest BCUT2D eigenvalue weighted by molar-refractivity contribution is 5.20. The minimum atomic E-state index is 0.0376. The summed E-state index contributed by atoms with van der Waals surface area (Å²) < 4.78 is 7.31. The minimum absolute atomic E-state index is 0.0376. The fourth-order valence-electron chi connectivity index (χ4n) is 1.19. The number of hydrogen-bond donors (Lipinski definition) is 0. The smallest absolute Gasteiger partial charge is 0.302 e. The third-order valence-electron chi connectivity index (χ3n) is 2.09. The molecule has 0 aromatic carbocycles. The Labute approximate surface area is 89.6 Å². The molecule has 0 fully saturated rings. The lowest BCUT2D eigenvalue weighted by Gasteiger charge is -2.02. The first-order valence-corrected chi connectivity index (χ1v) is 5.09. The minimum Gasteiger partial charge on any atom is -0.323 e. The molecule has 1 rings (SSSR count). The standard InChI is InChI=1S/C10H18N3O2/c1-9(2)4-5-12-7-10(6-11-12)13(14)8-15-3/h6-7,9H,4-5,8H2,1-3H3/q+1. The van der Waals surface area contributed by atoms with Crippen LogP contribution in [0, 0.1) is 10.8 Å². The van der Waals surface area contributed by atoms with E-state index in [0.717, 1.165) is 17.7 Å². The topological polar surface area (TPSA) is 47.1 Å². The van der Waals surface area contributed by atoms with Crippen LogP contribution in [0.25, 0.3) is 0 Å². The Balaban J connectivity index is 2.52. The van der Waals surface area contributed by atoms with E-state index in [1.54, 1.807) is 17.1 Å². The Hall–Kier alpha value is -1.23. The normalized spacial score (nSPS) is 10.9. The maximum atomic E-state index is 11.3. The molecule has 0 saturated carbocycles. The molecule has 0 N–H and O–H groups in total. The Morgan fingerprint density at radius 1 is 1.60 bits per heavy atom. The largest absolute Gasteiger partial charge is 0.323 e. The zero-order valence-electron chi connectivity index (χ0n) is 9.51. The van der Waals surface area contributed by atoms with Crippen LogP contribution in [0.1, 0.15) is 20.3 Å². The third kappa shape index (κ3) is 3.79. The van der Waals surface area contributed by atoms with Crippen molar-refractivity contribution in [3.8, 4) is 0 Å². The van der Waals surface area contributed by atoms with Crippen LogP contribution in [0.5, 0.6) is 0 Å². The highest BCUT2D eigenvalue weighted by Crippen LogP contribution is 2.10. The second-order valence-corrected chi connectivity index (χ2v) is 3.94. The van der Waals surface area contributed by atoms with Gasteiger partial charge in [-0.25, -0.2) is 0 Å². The molecule has 0 atom stereocenters. The molecule has 0 radical (unpaired) electrons. The molecule has 1 heterocycles. The van der Waals surface area contributed by atoms with Crippen LogP contribution in [0.2, 0.25) is 0 Å². The molecule has 84 valence electrons. The molecule has 0 aliphatic rings. The second-order valence-electron chi connectivity index (χ2n) is 3.94. The molecule has 0 bridgehead atoms. The molecular formula is C10H18N3O2+. The first-order chi connectivity index (χ1) is 7.13. The van der Waals surface area contributed by atoms with Crippen molar-refractivity contribution in [3.05, 3.63) is 17.3 Å². The molecule has 0 saturated heterocycles. The van der Waals surface area contributed by atoms with Gasteiger partial charge in [0.05, 0.1) is 4.76 Å². The second kappa shape index (κ2) is 5.60. The van der Waals surface area contributed by atoms with E-state index < -0.39 is 0 Å². The van der Waals surface area contributed by atoms with Crippen molar-refractivity contribution in [2.45, 2.75) is 26.8 Å². The van der Waals surface area contributed by atoms with Crippen LogP contribution >= 0.6 is 0 Å². The van der Waals surface area contributed by atoms with Crippen LogP contribution in [0.3, 0.4) is 0 Å². The number of aryl methyl sites for hydroxylation is 1. The molecule has 5 nitrogen and oxygen atoms in total. The Morgan fingerprint density at radius 3 is 2.93 bits per heavy atom. The molecule has 0 amide bonds. The van der Waals surface area contributed by atoms with E-state index in [4.69, 9.17) is 4.74 Å². The van der Waals surface area contributed by atoms with Gasteiger partial charge >= 0.3 is 6.73 Å². The summed E-state index contributed by atoms with van der Waals surface area (Å²) in [6.07, 6.45) is 4.37. The van der Waals surface area contributed by atoms with Crippen molar-refractivity contribution in [3.63, 3.8) is 0 Å². The summed E-state index contributed by atoms with van der Waals surface area (Å²) in [5, 5.41) is 4.11. The van der Waals surface area contributed by atoms with Gasteiger partial charge in [0.15, 0.2) is 0 Å². The van der Waals surface area contributed by atoms with Crippen molar-refractivity contribution in [1.82, 2.24) is 9.78 Å². The van der Waals surface area contributed by atoms with Gasteiger partial charge in [0.2, 0.25) is 0 Å². The highest BCUT2D eigenvalue weighted by Gasteiger charge is 2.15. The predicted molar refractivity (Wildman–Crippen MR) is 56.8 cm³/mol. The maximum absolute atomic E-state index is 11.3. The average molecular weight is 212 g/mol. The highest BCUT2D eigenvalue weighted by atomic mass is 16.5. The average Bonchev–Trinajstić information content (AvgIpc) is 2.63. The van der Waals surface area contributed by atoms with Crippen molar-refractivity contribution < 1.29 is 9.50 Å². The Morgan fingerprint density at radius 2 is 2.33 bits per heavy atom. The van der Waals surface area contributed by atoms with Gasteiger partial charge in [-0.3, -0.25) is 4.68 Å². The summed E-state index contributed by atoms with van der Waals surface area (Å²) in [4.78, 5) is 11.3. The zero-order chi connectivity index (χ0) is 11.3. The molecular weight excluding hydrogens is 194 g/mol. The number of nitroso groups, excluding NO2 is 1. The van der Waals surface area contributed by atoms with Gasteiger partial charge in [-0.1, -0.05) is 13.8 Å². The SMILES string of the molecule is COC[N+](=O)c1cnn(CCC(C)C)c1. The van der Waals surface area contributed by atoms with Crippen molar-refractivity contribution >= 4 is 5.69 Å². The lowest BCUT2D eigenvalue weighted by Crippen LogP contribution is -2.04. The van der Waals surface area contributed by atoms with E-state index in [9.17, 15) is 4.91 Å². The Bertz CT molecular complexity index is 320. The van der Waals surface area contributed by atoms with E-state index in [0.29, 0.717) is 11.6 Å². The summed E-state index contributed by atoms with van der Waals surface area (Å²) in [6.45, 7) is 5.21. The molecule has 0 aliphatic heterocycles. The molecule has 0 unspecified atom stereocenters. The number of hydrogen-bond acceptors (Lipinski definition) is 3. The van der Waals surface area contributed by atoms with Gasteiger partial charge in [0.25, 0.3) is 5.69 Å². The number of aromatic nitrogens is 2. The Kier molecular flexibility index (Phi) is 4.42. The van der Waals surface area contributed by atoms with Crippen LogP contribution in [0.15, 0.2) is 12.4 Å². The lowest BCUT2D eigenvalue weighted by atomic mass is 10.1. The summed E-state index contributed by atoms with van der Waals surface area (Å²) >= 11 is 0. The van der Waals surface area contributed by atoms with Gasteiger partial charge in [-0.05, 0) is 12.3 Å². The fraction of sp³-hybridized carbons (Fsp3) is 0.700. The summed E-state index contributed by atoms with van der Waals surface area (Å²) in [6, 6.07) is 0. The summed E-state index contributed by atoms with van der Waals surface area (Å²) in [5.74, 6) is 0.639. The summed E-state index contributed by atoms with van der Waals surface area (Å²) in [7, 11) is 1.49. The molecule has 1 aromatic rings. The molecule has 5 heteroatoms. The van der Waals surface area contributed by atoms with Gasteiger partial charge in [-0.2, -0.15) is 5.10 Å². The van der Waals surface area contributed by atoms with Gasteiger partial charge in [-0.15, -0.1) is 0 Å². The first kappa shape index (κ1) is 11.8. The van der Waals surface area contributed by atoms with Crippen molar-refractivity contribution in [1.29, 1.82) is 0 Å². The molecule has 1 aromatic heterocycles. The summed E-state index contributed by atoms with van der Waals surface area (Å²) in [5.41, 5.74) is 0.542. The number of nitrogens with zero attached hydrogens (tertiary/aromatic N) is 3. The first-order valence-electron chi connectivity index (χ1n) is 5.09. The van der Waals surface area contributed by atoms with Gasteiger partial charge in [0, 0.05) is 18.6 Å². The third-order valence-corrected chi connectivity index (χ3v) is 2.09. The van der Waals surface area contributed by atoms with Crippen LogP contribution in [-0.4, -0.2) is 28.4 Å². The lowest BCUT2D eigenvalue weighted by molar-refractivity contribution is -0.508. The predicted octanol–water partition coefficient (Wildman–Crippen LogP) is 1.94. The number of methoxy groups -OCH3 is 1. The zero-order valence-corrected chi connectivity index (χ0v) is 9.51. The van der Waals surface area contributed by atoms with Gasteiger partial charge in [0.1, 0.15) is 12.4 Å². The maximum Gasteiger partial charge on any atom is 0.302 e. The van der Waals surface area contributed by atoms with E-state index in [1.807, 2.05) is 0 Å². The van der Waals surface area contributed by atoms with Crippen LogP contribution < -0.4 is 0 Å². The molecule has 0 spiro atoms.